The molecule has 0 aromatic rings. The number of carbonyl (C=O) groups excluding carboxylic acids is 2. The first-order valence-electron chi connectivity index (χ1n) is 10.0. The van der Waals surface area contributed by atoms with E-state index >= 15 is 0 Å². The first-order chi connectivity index (χ1) is 11.8. The summed E-state index contributed by atoms with van der Waals surface area (Å²) in [5.74, 6) is 1.29. The molecule has 0 spiro atoms. The van der Waals surface area contributed by atoms with Crippen molar-refractivity contribution in [2.45, 2.75) is 83.8 Å². The lowest BCUT2D eigenvalue weighted by Crippen LogP contribution is -2.43. The molecule has 0 radical (unpaired) electrons. The molecule has 0 aromatic carbocycles. The highest BCUT2D eigenvalue weighted by Gasteiger charge is 2.39. The lowest BCUT2D eigenvalue weighted by molar-refractivity contribution is -0.133. The van der Waals surface area contributed by atoms with E-state index in [1.165, 1.54) is 25.7 Å². The zero-order chi connectivity index (χ0) is 18.6. The van der Waals surface area contributed by atoms with Gasteiger partial charge in [0.15, 0.2) is 0 Å². The van der Waals surface area contributed by atoms with Gasteiger partial charge in [-0.2, -0.15) is 0 Å². The van der Waals surface area contributed by atoms with Gasteiger partial charge in [-0.15, -0.1) is 0 Å². The van der Waals surface area contributed by atoms with E-state index in [1.54, 1.807) is 0 Å². The van der Waals surface area contributed by atoms with Gasteiger partial charge >= 0.3 is 0 Å². The molecule has 2 aliphatic rings. The van der Waals surface area contributed by atoms with E-state index in [2.05, 4.69) is 24.2 Å². The number of nitrogens with one attached hydrogen (secondary N) is 1. The molecule has 2 amide bonds. The van der Waals surface area contributed by atoms with Crippen molar-refractivity contribution in [1.82, 2.24) is 15.1 Å². The average molecular weight is 352 g/mol. The van der Waals surface area contributed by atoms with Crippen molar-refractivity contribution >= 4 is 11.8 Å². The Morgan fingerprint density at radius 3 is 2.32 bits per heavy atom. The van der Waals surface area contributed by atoms with Gasteiger partial charge in [-0.1, -0.05) is 13.8 Å². The molecule has 5 heteroatoms. The van der Waals surface area contributed by atoms with Gasteiger partial charge in [0.25, 0.3) is 0 Å². The zero-order valence-electron chi connectivity index (χ0n) is 16.8. The molecule has 3 unspecified atom stereocenters. The Bertz CT molecular complexity index is 452. The molecule has 2 saturated heterocycles. The molecule has 5 nitrogen and oxygen atoms in total. The van der Waals surface area contributed by atoms with Crippen LogP contribution in [0.3, 0.4) is 0 Å². The van der Waals surface area contributed by atoms with E-state index in [1.807, 2.05) is 25.8 Å². The van der Waals surface area contributed by atoms with Crippen molar-refractivity contribution in [3.8, 4) is 0 Å². The summed E-state index contributed by atoms with van der Waals surface area (Å²) in [6, 6.07) is 1.54. The Kier molecular flexibility index (Phi) is 7.29. The van der Waals surface area contributed by atoms with Crippen LogP contribution in [-0.4, -0.2) is 60.4 Å². The molecule has 2 heterocycles. The monoisotopic (exact) mass is 351 g/mol. The lowest BCUT2D eigenvalue weighted by Gasteiger charge is -2.37. The molecule has 1 N–H and O–H groups in total. The van der Waals surface area contributed by atoms with Crippen LogP contribution in [0.1, 0.15) is 65.7 Å². The molecule has 0 aromatic heterocycles. The maximum atomic E-state index is 12.6. The van der Waals surface area contributed by atoms with Crippen LogP contribution >= 0.6 is 0 Å². The van der Waals surface area contributed by atoms with Crippen molar-refractivity contribution in [2.75, 3.05) is 20.6 Å². The maximum Gasteiger partial charge on any atom is 0.222 e. The van der Waals surface area contributed by atoms with E-state index in [4.69, 9.17) is 0 Å². The predicted octanol–water partition coefficient (Wildman–Crippen LogP) is 2.65. The van der Waals surface area contributed by atoms with Gasteiger partial charge < -0.3 is 15.1 Å². The number of amides is 2. The zero-order valence-corrected chi connectivity index (χ0v) is 16.8. The van der Waals surface area contributed by atoms with Crippen molar-refractivity contribution in [3.63, 3.8) is 0 Å². The number of fused-ring (bicyclic) bond motifs is 2. The minimum Gasteiger partial charge on any atom is -0.356 e. The third-order valence-corrected chi connectivity index (χ3v) is 6.19. The first-order valence-corrected chi connectivity index (χ1v) is 10.0. The van der Waals surface area contributed by atoms with Crippen molar-refractivity contribution in [3.05, 3.63) is 0 Å². The number of rotatable bonds is 8. The van der Waals surface area contributed by atoms with Crippen LogP contribution in [0.5, 0.6) is 0 Å². The van der Waals surface area contributed by atoms with Gasteiger partial charge in [-0.25, -0.2) is 0 Å². The van der Waals surface area contributed by atoms with E-state index in [-0.39, 0.29) is 17.9 Å². The second kappa shape index (κ2) is 9.02. The molecule has 25 heavy (non-hydrogen) atoms. The van der Waals surface area contributed by atoms with Crippen molar-refractivity contribution in [1.29, 1.82) is 0 Å². The van der Waals surface area contributed by atoms with Gasteiger partial charge in [-0.3, -0.25) is 9.59 Å². The van der Waals surface area contributed by atoms with Crippen LogP contribution in [0, 0.1) is 11.8 Å². The van der Waals surface area contributed by atoms with Gasteiger partial charge in [0, 0.05) is 44.6 Å². The molecule has 2 bridgehead atoms. The fraction of sp³-hybridized carbons (Fsp3) is 0.900. The second-order valence-electron chi connectivity index (χ2n) is 8.68. The minimum atomic E-state index is 0.109. The standard InChI is InChI=1S/C20H37N3O2/c1-14(2)10-19(24)21-9-8-15(3)22(4)20(25)13-16-11-17-6-7-18(12-16)23(17)5/h14-18H,6-13H2,1-5H3,(H,21,24). The summed E-state index contributed by atoms with van der Waals surface area (Å²) < 4.78 is 0. The fourth-order valence-electron chi connectivity index (χ4n) is 4.38. The molecule has 3 atom stereocenters. The fourth-order valence-corrected chi connectivity index (χ4v) is 4.38. The highest BCUT2D eigenvalue weighted by molar-refractivity contribution is 5.77. The highest BCUT2D eigenvalue weighted by Crippen LogP contribution is 2.38. The number of hydrogen-bond acceptors (Lipinski definition) is 3. The number of hydrogen-bond donors (Lipinski definition) is 1. The van der Waals surface area contributed by atoms with Gasteiger partial charge in [0.1, 0.15) is 0 Å². The summed E-state index contributed by atoms with van der Waals surface area (Å²) in [6.07, 6.45) is 7.01. The second-order valence-corrected chi connectivity index (χ2v) is 8.68. The van der Waals surface area contributed by atoms with Gasteiger partial charge in [0.2, 0.25) is 11.8 Å². The van der Waals surface area contributed by atoms with Crippen LogP contribution in [0.25, 0.3) is 0 Å². The van der Waals surface area contributed by atoms with Crippen LogP contribution in [0.15, 0.2) is 0 Å². The molecule has 144 valence electrons. The molecule has 0 saturated carbocycles. The van der Waals surface area contributed by atoms with E-state index in [0.29, 0.717) is 43.3 Å². The topological polar surface area (TPSA) is 52.7 Å². The highest BCUT2D eigenvalue weighted by atomic mass is 16.2. The molecule has 2 aliphatic heterocycles. The van der Waals surface area contributed by atoms with Crippen molar-refractivity contribution in [2.24, 2.45) is 11.8 Å². The molecular formula is C20H37N3O2. The average Bonchev–Trinajstić information content (AvgIpc) is 2.74. The Labute approximate surface area is 153 Å². The number of piperidine rings is 1. The molecule has 2 fully saturated rings. The predicted molar refractivity (Wildman–Crippen MR) is 101 cm³/mol. The SMILES string of the molecule is CC(C)CC(=O)NCCC(C)N(C)C(=O)CC1CC2CCC(C1)N2C. The Hall–Kier alpha value is -1.10. The van der Waals surface area contributed by atoms with Crippen LogP contribution in [0.4, 0.5) is 0 Å². The van der Waals surface area contributed by atoms with Gasteiger partial charge in [0.05, 0.1) is 0 Å². The third kappa shape index (κ3) is 5.70. The summed E-state index contributed by atoms with van der Waals surface area (Å²) >= 11 is 0. The summed E-state index contributed by atoms with van der Waals surface area (Å²) in [5.41, 5.74) is 0. The molecular weight excluding hydrogens is 314 g/mol. The number of nitrogens with zero attached hydrogens (tertiary/aromatic N) is 2. The first kappa shape index (κ1) is 20.2. The third-order valence-electron chi connectivity index (χ3n) is 6.19. The van der Waals surface area contributed by atoms with Gasteiger partial charge in [-0.05, 0) is 57.9 Å². The largest absolute Gasteiger partial charge is 0.356 e. The molecule has 0 aliphatic carbocycles. The summed E-state index contributed by atoms with van der Waals surface area (Å²) in [5, 5.41) is 2.96. The summed E-state index contributed by atoms with van der Waals surface area (Å²) in [7, 11) is 4.15. The smallest absolute Gasteiger partial charge is 0.222 e. The summed E-state index contributed by atoms with van der Waals surface area (Å²) in [6.45, 7) is 6.81. The van der Waals surface area contributed by atoms with E-state index in [9.17, 15) is 9.59 Å². The lowest BCUT2D eigenvalue weighted by atomic mass is 9.88. The van der Waals surface area contributed by atoms with Crippen LogP contribution < -0.4 is 5.32 Å². The molecule has 2 rings (SSSR count). The van der Waals surface area contributed by atoms with E-state index in [0.717, 1.165) is 6.42 Å². The van der Waals surface area contributed by atoms with Crippen LogP contribution in [0.2, 0.25) is 0 Å². The minimum absolute atomic E-state index is 0.109. The Balaban J connectivity index is 1.69. The Morgan fingerprint density at radius 2 is 1.76 bits per heavy atom. The normalized spacial score (nSPS) is 27.4. The maximum absolute atomic E-state index is 12.6. The van der Waals surface area contributed by atoms with Crippen LogP contribution in [-0.2, 0) is 9.59 Å². The van der Waals surface area contributed by atoms with E-state index < -0.39 is 0 Å². The number of carbonyl (C=O) groups is 2. The quantitative estimate of drug-likeness (QED) is 0.731. The Morgan fingerprint density at radius 1 is 1.16 bits per heavy atom. The van der Waals surface area contributed by atoms with Crippen molar-refractivity contribution < 1.29 is 9.59 Å². The summed E-state index contributed by atoms with van der Waals surface area (Å²) in [4.78, 5) is 28.7.